The van der Waals surface area contributed by atoms with Crippen molar-refractivity contribution in [3.63, 3.8) is 0 Å². The number of para-hydroxylation sites is 1. The second-order valence-corrected chi connectivity index (χ2v) is 9.55. The number of anilines is 1. The van der Waals surface area contributed by atoms with Crippen LogP contribution in [-0.2, 0) is 14.8 Å². The van der Waals surface area contributed by atoms with E-state index in [2.05, 4.69) is 10.0 Å². The molecular weight excluding hydrogens is 487 g/mol. The topological polar surface area (TPSA) is 93.7 Å². The molecule has 3 aromatic rings. The molecule has 10 heteroatoms. The zero-order valence-corrected chi connectivity index (χ0v) is 20.2. The highest BCUT2D eigenvalue weighted by Gasteiger charge is 2.18. The molecule has 0 saturated carbocycles. The molecule has 0 aliphatic heterocycles. The van der Waals surface area contributed by atoms with E-state index >= 15 is 0 Å². The van der Waals surface area contributed by atoms with Crippen molar-refractivity contribution in [1.82, 2.24) is 5.32 Å². The summed E-state index contributed by atoms with van der Waals surface area (Å²) in [5.41, 5.74) is 1.19. The molecular formula is C23H22Cl2N2O5S. The zero-order valence-electron chi connectivity index (χ0n) is 17.8. The highest BCUT2D eigenvalue weighted by Crippen LogP contribution is 2.29. The number of amides is 1. The first-order valence-corrected chi connectivity index (χ1v) is 12.1. The van der Waals surface area contributed by atoms with Crippen molar-refractivity contribution in [2.24, 2.45) is 0 Å². The lowest BCUT2D eigenvalue weighted by atomic mass is 10.1. The Morgan fingerprint density at radius 2 is 1.70 bits per heavy atom. The summed E-state index contributed by atoms with van der Waals surface area (Å²) in [6, 6.07) is 17.3. The molecule has 0 fully saturated rings. The Labute approximate surface area is 202 Å². The van der Waals surface area contributed by atoms with Gasteiger partial charge in [-0.05, 0) is 55.5 Å². The number of ether oxygens (including phenoxy) is 2. The predicted octanol–water partition coefficient (Wildman–Crippen LogP) is 5.06. The van der Waals surface area contributed by atoms with Gasteiger partial charge >= 0.3 is 0 Å². The van der Waals surface area contributed by atoms with E-state index in [4.69, 9.17) is 32.7 Å². The molecule has 0 aliphatic rings. The average molecular weight is 509 g/mol. The summed E-state index contributed by atoms with van der Waals surface area (Å²) in [5, 5.41) is 3.37. The Bertz CT molecular complexity index is 1230. The van der Waals surface area contributed by atoms with Crippen LogP contribution in [-0.4, -0.2) is 28.0 Å². The molecule has 2 N–H and O–H groups in total. The standard InChI is InChI=1S/C23H22Cl2N2O5S/c1-15(19-5-3-4-6-21(19)31-2)26-23(28)14-32-22-12-11-18(13-20(22)25)33(29,30)27-17-9-7-16(24)8-10-17/h3-13,15,27H,14H2,1-2H3,(H,26,28)/t15-/m1/s1. The summed E-state index contributed by atoms with van der Waals surface area (Å²) in [6.07, 6.45) is 0. The number of benzene rings is 3. The largest absolute Gasteiger partial charge is 0.496 e. The molecule has 0 saturated heterocycles. The van der Waals surface area contributed by atoms with Gasteiger partial charge in [0.2, 0.25) is 0 Å². The minimum absolute atomic E-state index is 0.0518. The van der Waals surface area contributed by atoms with E-state index in [0.29, 0.717) is 16.5 Å². The van der Waals surface area contributed by atoms with Crippen molar-refractivity contribution in [2.75, 3.05) is 18.4 Å². The number of nitrogens with one attached hydrogen (secondary N) is 2. The summed E-state index contributed by atoms with van der Waals surface area (Å²) >= 11 is 12.0. The first-order valence-electron chi connectivity index (χ1n) is 9.82. The van der Waals surface area contributed by atoms with Crippen LogP contribution in [0.1, 0.15) is 18.5 Å². The number of carbonyl (C=O) groups is 1. The van der Waals surface area contributed by atoms with Crippen LogP contribution in [0.25, 0.3) is 0 Å². The predicted molar refractivity (Wildman–Crippen MR) is 129 cm³/mol. The SMILES string of the molecule is COc1ccccc1[C@@H](C)NC(=O)COc1ccc(S(=O)(=O)Nc2ccc(Cl)cc2)cc1Cl. The third-order valence-corrected chi connectivity index (χ3v) is 6.58. The molecule has 0 spiro atoms. The highest BCUT2D eigenvalue weighted by molar-refractivity contribution is 7.92. The Balaban J connectivity index is 1.62. The van der Waals surface area contributed by atoms with Gasteiger partial charge in [0, 0.05) is 16.3 Å². The molecule has 0 aliphatic carbocycles. The highest BCUT2D eigenvalue weighted by atomic mass is 35.5. The smallest absolute Gasteiger partial charge is 0.261 e. The third-order valence-electron chi connectivity index (χ3n) is 4.65. The average Bonchev–Trinajstić information content (AvgIpc) is 2.79. The van der Waals surface area contributed by atoms with Crippen molar-refractivity contribution in [3.8, 4) is 11.5 Å². The molecule has 0 unspecified atom stereocenters. The van der Waals surface area contributed by atoms with Gasteiger partial charge in [0.05, 0.1) is 23.1 Å². The zero-order chi connectivity index (χ0) is 24.0. The van der Waals surface area contributed by atoms with Crippen LogP contribution in [0.5, 0.6) is 11.5 Å². The van der Waals surface area contributed by atoms with E-state index in [1.807, 2.05) is 31.2 Å². The van der Waals surface area contributed by atoms with Crippen LogP contribution in [0.3, 0.4) is 0 Å². The van der Waals surface area contributed by atoms with E-state index in [9.17, 15) is 13.2 Å². The lowest BCUT2D eigenvalue weighted by molar-refractivity contribution is -0.123. The molecule has 1 atom stereocenters. The maximum Gasteiger partial charge on any atom is 0.261 e. The van der Waals surface area contributed by atoms with Crippen molar-refractivity contribution < 1.29 is 22.7 Å². The molecule has 0 aromatic heterocycles. The number of hydrogen-bond donors (Lipinski definition) is 2. The van der Waals surface area contributed by atoms with Crippen LogP contribution in [0, 0.1) is 0 Å². The van der Waals surface area contributed by atoms with Gasteiger partial charge in [-0.25, -0.2) is 8.42 Å². The Morgan fingerprint density at radius 3 is 2.36 bits per heavy atom. The van der Waals surface area contributed by atoms with Gasteiger partial charge in [-0.15, -0.1) is 0 Å². The van der Waals surface area contributed by atoms with Crippen molar-refractivity contribution in [1.29, 1.82) is 0 Å². The van der Waals surface area contributed by atoms with Gasteiger partial charge in [-0.1, -0.05) is 41.4 Å². The third kappa shape index (κ3) is 6.54. The van der Waals surface area contributed by atoms with E-state index in [1.54, 1.807) is 31.4 Å². The van der Waals surface area contributed by atoms with Crippen LogP contribution in [0.4, 0.5) is 5.69 Å². The van der Waals surface area contributed by atoms with Gasteiger partial charge in [-0.3, -0.25) is 9.52 Å². The summed E-state index contributed by atoms with van der Waals surface area (Å²) in [7, 11) is -2.31. The second-order valence-electron chi connectivity index (χ2n) is 7.02. The first-order chi connectivity index (χ1) is 15.7. The van der Waals surface area contributed by atoms with Crippen molar-refractivity contribution in [3.05, 3.63) is 82.3 Å². The molecule has 3 rings (SSSR count). The first kappa shape index (κ1) is 24.7. The number of carbonyl (C=O) groups excluding carboxylic acids is 1. The number of hydrogen-bond acceptors (Lipinski definition) is 5. The Hall–Kier alpha value is -2.94. The van der Waals surface area contributed by atoms with E-state index < -0.39 is 10.0 Å². The quantitative estimate of drug-likeness (QED) is 0.421. The monoisotopic (exact) mass is 508 g/mol. The van der Waals surface area contributed by atoms with Crippen LogP contribution >= 0.6 is 23.2 Å². The molecule has 7 nitrogen and oxygen atoms in total. The lowest BCUT2D eigenvalue weighted by Crippen LogP contribution is -2.31. The normalized spacial score (nSPS) is 12.0. The maximum atomic E-state index is 12.6. The van der Waals surface area contributed by atoms with Crippen LogP contribution in [0.15, 0.2) is 71.6 Å². The number of rotatable bonds is 9. The minimum atomic E-state index is -3.87. The number of halogens is 2. The van der Waals surface area contributed by atoms with Gasteiger partial charge in [0.25, 0.3) is 15.9 Å². The van der Waals surface area contributed by atoms with Crippen molar-refractivity contribution in [2.45, 2.75) is 17.9 Å². The minimum Gasteiger partial charge on any atom is -0.496 e. The van der Waals surface area contributed by atoms with Crippen LogP contribution < -0.4 is 19.5 Å². The van der Waals surface area contributed by atoms with Crippen molar-refractivity contribution >= 4 is 44.8 Å². The Morgan fingerprint density at radius 1 is 1.00 bits per heavy atom. The lowest BCUT2D eigenvalue weighted by Gasteiger charge is -2.17. The van der Waals surface area contributed by atoms with Gasteiger partial charge in [0.15, 0.2) is 6.61 Å². The molecule has 0 radical (unpaired) electrons. The fraction of sp³-hybridized carbons (Fsp3) is 0.174. The molecule has 33 heavy (non-hydrogen) atoms. The van der Waals surface area contributed by atoms with E-state index in [-0.39, 0.29) is 34.2 Å². The number of methoxy groups -OCH3 is 1. The molecule has 0 bridgehead atoms. The van der Waals surface area contributed by atoms with Gasteiger partial charge in [0.1, 0.15) is 11.5 Å². The molecule has 0 heterocycles. The van der Waals surface area contributed by atoms with Crippen LogP contribution in [0.2, 0.25) is 10.0 Å². The summed E-state index contributed by atoms with van der Waals surface area (Å²) < 4.78 is 38.5. The Kier molecular flexibility index (Phi) is 8.07. The second kappa shape index (κ2) is 10.8. The van der Waals surface area contributed by atoms with E-state index in [0.717, 1.165) is 5.56 Å². The van der Waals surface area contributed by atoms with Gasteiger partial charge < -0.3 is 14.8 Å². The maximum absolute atomic E-state index is 12.6. The summed E-state index contributed by atoms with van der Waals surface area (Å²) in [5.74, 6) is 0.478. The molecule has 3 aromatic carbocycles. The fourth-order valence-corrected chi connectivity index (χ4v) is 4.54. The molecule has 1 amide bonds. The molecule has 174 valence electrons. The number of sulfonamides is 1. The van der Waals surface area contributed by atoms with E-state index in [1.165, 1.54) is 18.2 Å². The summed E-state index contributed by atoms with van der Waals surface area (Å²) in [4.78, 5) is 12.3. The fourth-order valence-electron chi connectivity index (χ4n) is 3.03. The summed E-state index contributed by atoms with van der Waals surface area (Å²) in [6.45, 7) is 1.53. The van der Waals surface area contributed by atoms with Gasteiger partial charge in [-0.2, -0.15) is 0 Å².